The Morgan fingerprint density at radius 3 is 2.42 bits per heavy atom. The molecule has 0 unspecified atom stereocenters. The van der Waals surface area contributed by atoms with Crippen LogP contribution in [0.2, 0.25) is 0 Å². The van der Waals surface area contributed by atoms with Gasteiger partial charge < -0.3 is 10.4 Å². The number of aliphatic hydroxyl groups excluding tert-OH is 1. The summed E-state index contributed by atoms with van der Waals surface area (Å²) in [5.41, 5.74) is 0. The van der Waals surface area contributed by atoms with E-state index in [2.05, 4.69) is 17.3 Å². The largest absolute Gasteiger partial charge is 0.390 e. The average molecular weight is 193 g/mol. The van der Waals surface area contributed by atoms with Gasteiger partial charge in [-0.15, -0.1) is 12.4 Å². The van der Waals surface area contributed by atoms with E-state index in [-0.39, 0.29) is 18.5 Å². The van der Waals surface area contributed by atoms with Gasteiger partial charge in [-0.2, -0.15) is 0 Å². The maximum Gasteiger partial charge on any atom is 0.0831 e. The lowest BCUT2D eigenvalue weighted by atomic mass is 10.2. The summed E-state index contributed by atoms with van der Waals surface area (Å²) in [6.45, 7) is 1.72. The van der Waals surface area contributed by atoms with Crippen molar-refractivity contribution in [2.45, 2.75) is 31.0 Å². The Hall–Kier alpha value is 0.170. The Morgan fingerprint density at radius 2 is 2.00 bits per heavy atom. The lowest BCUT2D eigenvalue weighted by Gasteiger charge is -2.25. The minimum atomic E-state index is -0.152. The molecule has 72 valence electrons. The van der Waals surface area contributed by atoms with Gasteiger partial charge in [0, 0.05) is 25.2 Å². The van der Waals surface area contributed by atoms with Crippen molar-refractivity contribution in [2.24, 2.45) is 0 Å². The van der Waals surface area contributed by atoms with Gasteiger partial charge in [0.25, 0.3) is 0 Å². The number of rotatable bonds is 2. The van der Waals surface area contributed by atoms with E-state index >= 15 is 0 Å². The van der Waals surface area contributed by atoms with Crippen molar-refractivity contribution in [3.8, 4) is 0 Å². The molecule has 1 heterocycles. The van der Waals surface area contributed by atoms with E-state index < -0.39 is 0 Å². The molecule has 0 bridgehead atoms. The summed E-state index contributed by atoms with van der Waals surface area (Å²) < 4.78 is 0. The van der Waals surface area contributed by atoms with Gasteiger partial charge in [-0.05, 0) is 19.9 Å². The Bertz CT molecular complexity index is 152. The Labute approximate surface area is 79.5 Å². The first kappa shape index (κ1) is 10.3. The molecule has 2 N–H and O–H groups in total. The molecule has 0 aromatic rings. The van der Waals surface area contributed by atoms with Gasteiger partial charge >= 0.3 is 0 Å². The number of nitrogens with one attached hydrogen (secondary N) is 1. The summed E-state index contributed by atoms with van der Waals surface area (Å²) in [4.78, 5) is 2.32. The van der Waals surface area contributed by atoms with Crippen LogP contribution in [0.25, 0.3) is 0 Å². The Morgan fingerprint density at radius 1 is 1.33 bits per heavy atom. The van der Waals surface area contributed by atoms with E-state index in [0.29, 0.717) is 6.04 Å². The summed E-state index contributed by atoms with van der Waals surface area (Å²) in [5.74, 6) is 0. The van der Waals surface area contributed by atoms with Crippen molar-refractivity contribution in [1.29, 1.82) is 0 Å². The fraction of sp³-hybridized carbons (Fsp3) is 1.00. The van der Waals surface area contributed by atoms with Crippen molar-refractivity contribution in [1.82, 2.24) is 10.2 Å². The number of halogens is 1. The van der Waals surface area contributed by atoms with Crippen molar-refractivity contribution in [2.75, 3.05) is 20.1 Å². The summed E-state index contributed by atoms with van der Waals surface area (Å²) >= 11 is 0. The molecule has 0 radical (unpaired) electrons. The van der Waals surface area contributed by atoms with Crippen LogP contribution in [0.3, 0.4) is 0 Å². The number of aliphatic hydroxyl groups is 1. The molecule has 1 aliphatic heterocycles. The monoisotopic (exact) mass is 192 g/mol. The van der Waals surface area contributed by atoms with E-state index in [1.54, 1.807) is 0 Å². The topological polar surface area (TPSA) is 35.5 Å². The van der Waals surface area contributed by atoms with Gasteiger partial charge in [-0.25, -0.2) is 0 Å². The van der Waals surface area contributed by atoms with E-state index in [4.69, 9.17) is 0 Å². The highest BCUT2D eigenvalue weighted by Crippen LogP contribution is 2.28. The molecule has 1 saturated carbocycles. The van der Waals surface area contributed by atoms with Gasteiger partial charge in [0.1, 0.15) is 0 Å². The fourth-order valence-electron chi connectivity index (χ4n) is 1.82. The molecule has 2 rings (SSSR count). The van der Waals surface area contributed by atoms with Crippen molar-refractivity contribution < 1.29 is 5.11 Å². The molecule has 2 fully saturated rings. The highest BCUT2D eigenvalue weighted by Gasteiger charge is 2.36. The molecule has 3 nitrogen and oxygen atoms in total. The lowest BCUT2D eigenvalue weighted by Crippen LogP contribution is -2.41. The van der Waals surface area contributed by atoms with E-state index in [9.17, 15) is 5.11 Å². The quantitative estimate of drug-likeness (QED) is 0.638. The zero-order chi connectivity index (χ0) is 7.84. The standard InChI is InChI=1S/C8H16N2O.ClH/c1-10(6-2-3-6)7-4-9-5-8(7)11;/h6-9,11H,2-5H2,1H3;1H/t7-,8-;/m1./s1. The van der Waals surface area contributed by atoms with Gasteiger partial charge in [0.2, 0.25) is 0 Å². The fourth-order valence-corrected chi connectivity index (χ4v) is 1.82. The molecule has 12 heavy (non-hydrogen) atoms. The second-order valence-electron chi connectivity index (χ2n) is 3.69. The van der Waals surface area contributed by atoms with Gasteiger partial charge in [0.05, 0.1) is 6.10 Å². The van der Waals surface area contributed by atoms with E-state index in [1.807, 2.05) is 0 Å². The highest BCUT2D eigenvalue weighted by molar-refractivity contribution is 5.85. The number of β-amino-alcohol motifs (C(OH)–C–C–N with tert-alkyl or cyclic N) is 1. The van der Waals surface area contributed by atoms with Gasteiger partial charge in [0.15, 0.2) is 0 Å². The van der Waals surface area contributed by atoms with Crippen molar-refractivity contribution >= 4 is 12.4 Å². The lowest BCUT2D eigenvalue weighted by molar-refractivity contribution is 0.0952. The molecular weight excluding hydrogens is 176 g/mol. The zero-order valence-electron chi connectivity index (χ0n) is 7.36. The molecule has 0 aromatic heterocycles. The predicted molar refractivity (Wildman–Crippen MR) is 50.7 cm³/mol. The van der Waals surface area contributed by atoms with Crippen LogP contribution < -0.4 is 5.32 Å². The third-order valence-corrected chi connectivity index (χ3v) is 2.80. The van der Waals surface area contributed by atoms with Crippen LogP contribution >= 0.6 is 12.4 Å². The van der Waals surface area contributed by atoms with Crippen LogP contribution in [-0.4, -0.2) is 48.3 Å². The predicted octanol–water partition coefficient (Wildman–Crippen LogP) is -0.165. The Kier molecular flexibility index (Phi) is 3.35. The van der Waals surface area contributed by atoms with Crippen LogP contribution in [0.5, 0.6) is 0 Å². The summed E-state index contributed by atoms with van der Waals surface area (Å²) in [6.07, 6.45) is 2.49. The van der Waals surface area contributed by atoms with Gasteiger partial charge in [-0.3, -0.25) is 4.90 Å². The van der Waals surface area contributed by atoms with Gasteiger partial charge in [-0.1, -0.05) is 0 Å². The smallest absolute Gasteiger partial charge is 0.0831 e. The maximum atomic E-state index is 9.53. The second-order valence-corrected chi connectivity index (χ2v) is 3.69. The number of likely N-dealkylation sites (N-methyl/N-ethyl adjacent to an activating group) is 1. The minimum Gasteiger partial charge on any atom is -0.390 e. The Balaban J connectivity index is 0.000000720. The first-order valence-electron chi connectivity index (χ1n) is 4.40. The first-order chi connectivity index (χ1) is 5.29. The van der Waals surface area contributed by atoms with Crippen LogP contribution in [0.1, 0.15) is 12.8 Å². The highest BCUT2D eigenvalue weighted by atomic mass is 35.5. The summed E-state index contributed by atoms with van der Waals surface area (Å²) in [7, 11) is 2.12. The molecule has 2 atom stereocenters. The molecule has 2 aliphatic rings. The zero-order valence-corrected chi connectivity index (χ0v) is 8.18. The second kappa shape index (κ2) is 3.92. The van der Waals surface area contributed by atoms with Crippen LogP contribution in [-0.2, 0) is 0 Å². The number of nitrogens with zero attached hydrogens (tertiary/aromatic N) is 1. The van der Waals surface area contributed by atoms with Crippen molar-refractivity contribution in [3.63, 3.8) is 0 Å². The molecule has 0 spiro atoms. The molecule has 1 saturated heterocycles. The van der Waals surface area contributed by atoms with Crippen molar-refractivity contribution in [3.05, 3.63) is 0 Å². The number of hydrogen-bond donors (Lipinski definition) is 2. The molecule has 0 amide bonds. The summed E-state index contributed by atoms with van der Waals surface area (Å²) in [5, 5.41) is 12.7. The molecule has 1 aliphatic carbocycles. The number of hydrogen-bond acceptors (Lipinski definition) is 3. The SMILES string of the molecule is CN(C1CC1)[C@@H]1CNC[C@H]1O.Cl. The normalized spacial score (nSPS) is 35.2. The van der Waals surface area contributed by atoms with E-state index in [1.165, 1.54) is 12.8 Å². The summed E-state index contributed by atoms with van der Waals surface area (Å²) in [6, 6.07) is 1.12. The van der Waals surface area contributed by atoms with Crippen LogP contribution in [0.4, 0.5) is 0 Å². The third-order valence-electron chi connectivity index (χ3n) is 2.80. The molecule has 0 aromatic carbocycles. The third kappa shape index (κ3) is 1.91. The molecular formula is C8H17ClN2O. The maximum absolute atomic E-state index is 9.53. The van der Waals surface area contributed by atoms with Crippen LogP contribution in [0, 0.1) is 0 Å². The first-order valence-corrected chi connectivity index (χ1v) is 4.40. The van der Waals surface area contributed by atoms with Crippen LogP contribution in [0.15, 0.2) is 0 Å². The minimum absolute atomic E-state index is 0. The average Bonchev–Trinajstić information content (AvgIpc) is 2.74. The molecule has 4 heteroatoms. The van der Waals surface area contributed by atoms with E-state index in [0.717, 1.165) is 19.1 Å².